The first-order valence-electron chi connectivity index (χ1n) is 2.91. The second-order valence-electron chi connectivity index (χ2n) is 2.07. The summed E-state index contributed by atoms with van der Waals surface area (Å²) in [5, 5.41) is 8.88. The Balaban J connectivity index is 3.36. The van der Waals surface area contributed by atoms with Crippen molar-refractivity contribution in [3.8, 4) is 5.75 Å². The van der Waals surface area contributed by atoms with Crippen molar-refractivity contribution in [2.45, 2.75) is 6.18 Å². The zero-order valence-electron chi connectivity index (χ0n) is 5.64. The zero-order valence-corrected chi connectivity index (χ0v) is 6.46. The summed E-state index contributed by atoms with van der Waals surface area (Å²) in [7, 11) is 0. The number of aromatic nitrogens is 1. The van der Waals surface area contributed by atoms with E-state index in [-0.39, 0.29) is 4.64 Å². The summed E-state index contributed by atoms with van der Waals surface area (Å²) in [6.07, 6.45) is -3.53. The monoisotopic (exact) mass is 195 g/mol. The minimum atomic E-state index is -4.56. The molecule has 0 saturated heterocycles. The third-order valence-electron chi connectivity index (χ3n) is 1.24. The molecule has 0 bridgehead atoms. The zero-order chi connectivity index (χ0) is 9.35. The minimum Gasteiger partial charge on any atom is -0.504 e. The maximum absolute atomic E-state index is 12.0. The topological polar surface area (TPSA) is 36.0 Å². The predicted octanol–water partition coefficient (Wildman–Crippen LogP) is 2.47. The molecule has 0 aliphatic rings. The van der Waals surface area contributed by atoms with Crippen LogP contribution in [0.2, 0.25) is 0 Å². The van der Waals surface area contributed by atoms with Gasteiger partial charge in [0.1, 0.15) is 10.2 Å². The van der Waals surface area contributed by atoms with Crippen molar-refractivity contribution in [3.63, 3.8) is 0 Å². The number of nitrogens with one attached hydrogen (secondary N) is 1. The Morgan fingerprint density at radius 3 is 2.42 bits per heavy atom. The van der Waals surface area contributed by atoms with Crippen LogP contribution in [0.4, 0.5) is 13.2 Å². The van der Waals surface area contributed by atoms with E-state index in [0.717, 1.165) is 12.3 Å². The van der Waals surface area contributed by atoms with Gasteiger partial charge < -0.3 is 10.1 Å². The summed E-state index contributed by atoms with van der Waals surface area (Å²) in [6, 6.07) is 0.727. The van der Waals surface area contributed by atoms with Crippen molar-refractivity contribution in [1.29, 1.82) is 0 Å². The van der Waals surface area contributed by atoms with Crippen molar-refractivity contribution in [2.24, 2.45) is 0 Å². The highest BCUT2D eigenvalue weighted by Crippen LogP contribution is 2.35. The molecule has 66 valence electrons. The Bertz CT molecular complexity index is 343. The molecular formula is C6H4F3NOS. The van der Waals surface area contributed by atoms with Gasteiger partial charge in [-0.25, -0.2) is 0 Å². The van der Waals surface area contributed by atoms with Gasteiger partial charge in [-0.2, -0.15) is 13.2 Å². The number of aromatic amines is 1. The molecule has 1 rings (SSSR count). The lowest BCUT2D eigenvalue weighted by molar-refractivity contribution is -0.138. The van der Waals surface area contributed by atoms with Crippen LogP contribution in [-0.2, 0) is 6.18 Å². The van der Waals surface area contributed by atoms with Gasteiger partial charge >= 0.3 is 6.18 Å². The van der Waals surface area contributed by atoms with Crippen LogP contribution in [0.15, 0.2) is 12.3 Å². The lowest BCUT2D eigenvalue weighted by Gasteiger charge is -2.07. The number of H-pyrrole nitrogens is 1. The molecule has 0 aliphatic carbocycles. The average Bonchev–Trinajstić information content (AvgIpc) is 1.92. The molecule has 0 amide bonds. The lowest BCUT2D eigenvalue weighted by Crippen LogP contribution is -2.05. The van der Waals surface area contributed by atoms with E-state index in [1.807, 2.05) is 0 Å². The number of hydrogen-bond acceptors (Lipinski definition) is 2. The van der Waals surface area contributed by atoms with Crippen LogP contribution < -0.4 is 0 Å². The summed E-state index contributed by atoms with van der Waals surface area (Å²) in [6.45, 7) is 0. The summed E-state index contributed by atoms with van der Waals surface area (Å²) in [5.41, 5.74) is -1.12. The van der Waals surface area contributed by atoms with Crippen LogP contribution in [-0.4, -0.2) is 10.1 Å². The van der Waals surface area contributed by atoms with E-state index >= 15 is 0 Å². The molecule has 0 saturated carbocycles. The molecule has 0 aromatic carbocycles. The van der Waals surface area contributed by atoms with E-state index in [4.69, 9.17) is 5.11 Å². The fourth-order valence-electron chi connectivity index (χ4n) is 0.699. The van der Waals surface area contributed by atoms with Crippen LogP contribution in [0.5, 0.6) is 5.75 Å². The number of aromatic hydroxyl groups is 1. The molecule has 2 nitrogen and oxygen atoms in total. The van der Waals surface area contributed by atoms with E-state index in [1.54, 1.807) is 0 Å². The van der Waals surface area contributed by atoms with Crippen molar-refractivity contribution in [3.05, 3.63) is 22.5 Å². The van der Waals surface area contributed by atoms with Gasteiger partial charge in [-0.05, 0) is 6.07 Å². The van der Waals surface area contributed by atoms with Gasteiger partial charge in [-0.15, -0.1) is 0 Å². The first-order valence-corrected chi connectivity index (χ1v) is 3.31. The molecule has 6 heteroatoms. The molecule has 1 heterocycles. The van der Waals surface area contributed by atoms with E-state index in [1.165, 1.54) is 0 Å². The largest absolute Gasteiger partial charge is 0.504 e. The van der Waals surface area contributed by atoms with E-state index in [2.05, 4.69) is 17.2 Å². The van der Waals surface area contributed by atoms with E-state index < -0.39 is 17.5 Å². The summed E-state index contributed by atoms with van der Waals surface area (Å²) in [5.74, 6) is -0.931. The van der Waals surface area contributed by atoms with Crippen molar-refractivity contribution in [2.75, 3.05) is 0 Å². The van der Waals surface area contributed by atoms with Gasteiger partial charge in [-0.3, -0.25) is 0 Å². The summed E-state index contributed by atoms with van der Waals surface area (Å²) < 4.78 is 35.7. The Labute approximate surface area is 70.7 Å². The Hall–Kier alpha value is -1.04. The van der Waals surface area contributed by atoms with Crippen molar-refractivity contribution >= 4 is 12.2 Å². The molecule has 12 heavy (non-hydrogen) atoms. The Kier molecular flexibility index (Phi) is 2.10. The normalized spacial score (nSPS) is 11.6. The van der Waals surface area contributed by atoms with E-state index in [0.29, 0.717) is 0 Å². The first kappa shape index (κ1) is 9.05. The van der Waals surface area contributed by atoms with E-state index in [9.17, 15) is 13.2 Å². The lowest BCUT2D eigenvalue weighted by atomic mass is 10.2. The van der Waals surface area contributed by atoms with Gasteiger partial charge in [0.15, 0.2) is 5.75 Å². The molecule has 0 radical (unpaired) electrons. The minimum absolute atomic E-state index is 0.315. The second kappa shape index (κ2) is 2.78. The van der Waals surface area contributed by atoms with Gasteiger partial charge in [0.05, 0.1) is 0 Å². The Morgan fingerprint density at radius 2 is 2.00 bits per heavy atom. The highest BCUT2D eigenvalue weighted by molar-refractivity contribution is 7.71. The molecule has 0 atom stereocenters. The number of alkyl halides is 3. The molecule has 0 spiro atoms. The van der Waals surface area contributed by atoms with Crippen LogP contribution in [0.1, 0.15) is 5.56 Å². The Morgan fingerprint density at radius 1 is 1.42 bits per heavy atom. The number of pyridine rings is 1. The van der Waals surface area contributed by atoms with Crippen molar-refractivity contribution in [1.82, 2.24) is 4.98 Å². The molecule has 0 fully saturated rings. The highest BCUT2D eigenvalue weighted by atomic mass is 32.1. The summed E-state index contributed by atoms with van der Waals surface area (Å²) in [4.78, 5) is 2.28. The average molecular weight is 195 g/mol. The number of rotatable bonds is 0. The maximum atomic E-state index is 12.0. The molecule has 0 unspecified atom stereocenters. The molecule has 2 N–H and O–H groups in total. The smallest absolute Gasteiger partial charge is 0.420 e. The molecule has 1 aromatic rings. The van der Waals surface area contributed by atoms with Crippen LogP contribution in [0, 0.1) is 4.64 Å². The SMILES string of the molecule is Oc1c(C(F)(F)F)cc[nH]c1=S. The number of halogens is 3. The summed E-state index contributed by atoms with van der Waals surface area (Å²) >= 11 is 4.40. The third kappa shape index (κ3) is 1.58. The quantitative estimate of drug-likeness (QED) is 0.624. The van der Waals surface area contributed by atoms with Gasteiger partial charge in [0, 0.05) is 6.20 Å². The number of hydrogen-bond donors (Lipinski definition) is 2. The fraction of sp³-hybridized carbons (Fsp3) is 0.167. The molecule has 1 aromatic heterocycles. The standard InChI is InChI=1S/C6H4F3NOS/c7-6(8,9)3-1-2-10-5(12)4(3)11/h1-2,11H,(H,10,12). The van der Waals surface area contributed by atoms with Crippen LogP contribution in [0.25, 0.3) is 0 Å². The third-order valence-corrected chi connectivity index (χ3v) is 1.55. The molecular weight excluding hydrogens is 191 g/mol. The fourth-order valence-corrected chi connectivity index (χ4v) is 0.877. The van der Waals surface area contributed by atoms with Crippen LogP contribution in [0.3, 0.4) is 0 Å². The van der Waals surface area contributed by atoms with Gasteiger partial charge in [0.2, 0.25) is 0 Å². The first-order chi connectivity index (χ1) is 5.43. The van der Waals surface area contributed by atoms with Gasteiger partial charge in [0.25, 0.3) is 0 Å². The second-order valence-corrected chi connectivity index (χ2v) is 2.48. The highest BCUT2D eigenvalue weighted by Gasteiger charge is 2.34. The van der Waals surface area contributed by atoms with Crippen LogP contribution >= 0.6 is 12.2 Å². The predicted molar refractivity (Wildman–Crippen MR) is 38.3 cm³/mol. The van der Waals surface area contributed by atoms with Crippen molar-refractivity contribution < 1.29 is 18.3 Å². The van der Waals surface area contributed by atoms with Gasteiger partial charge in [-0.1, -0.05) is 12.2 Å². The molecule has 0 aliphatic heterocycles. The maximum Gasteiger partial charge on any atom is 0.420 e.